The largest absolute Gasteiger partial charge is 0.495 e. The van der Waals surface area contributed by atoms with Crippen molar-refractivity contribution in [2.24, 2.45) is 0 Å². The number of amides is 1. The first kappa shape index (κ1) is 22.4. The standard InChI is InChI=1S/C23H20N4O4S2/c1-15-8-11-18(12-9-15)27-33(29,30)20-14-17(10-13-19(20)31-2)21(28)24-23-26-25-22(32-23)16-6-4-3-5-7-16/h3-14,27H,1-2H3,(H,24,26,28). The molecule has 4 rings (SSSR count). The highest BCUT2D eigenvalue weighted by Gasteiger charge is 2.22. The second kappa shape index (κ2) is 9.39. The molecule has 168 valence electrons. The Morgan fingerprint density at radius 2 is 1.70 bits per heavy atom. The summed E-state index contributed by atoms with van der Waals surface area (Å²) in [6, 6.07) is 20.6. The van der Waals surface area contributed by atoms with Crippen LogP contribution in [0.15, 0.2) is 77.7 Å². The maximum Gasteiger partial charge on any atom is 0.265 e. The number of nitrogens with one attached hydrogen (secondary N) is 2. The summed E-state index contributed by atoms with van der Waals surface area (Å²) in [5.41, 5.74) is 2.42. The van der Waals surface area contributed by atoms with Crippen LogP contribution in [0.25, 0.3) is 10.6 Å². The molecule has 0 saturated carbocycles. The van der Waals surface area contributed by atoms with Crippen molar-refractivity contribution in [3.63, 3.8) is 0 Å². The Morgan fingerprint density at radius 1 is 0.970 bits per heavy atom. The van der Waals surface area contributed by atoms with Crippen LogP contribution in [0.5, 0.6) is 5.75 Å². The summed E-state index contributed by atoms with van der Waals surface area (Å²) in [5, 5.41) is 11.7. The summed E-state index contributed by atoms with van der Waals surface area (Å²) in [7, 11) is -2.64. The first-order valence-electron chi connectivity index (χ1n) is 9.83. The molecule has 3 aromatic carbocycles. The molecule has 4 aromatic rings. The molecule has 10 heteroatoms. The molecule has 0 aliphatic rings. The molecule has 1 aromatic heterocycles. The number of anilines is 2. The summed E-state index contributed by atoms with van der Waals surface area (Å²) >= 11 is 1.22. The zero-order chi connectivity index (χ0) is 23.4. The summed E-state index contributed by atoms with van der Waals surface area (Å²) in [6.45, 7) is 1.91. The van der Waals surface area contributed by atoms with E-state index in [2.05, 4.69) is 20.2 Å². The predicted molar refractivity (Wildman–Crippen MR) is 128 cm³/mol. The van der Waals surface area contributed by atoms with Crippen molar-refractivity contribution in [2.45, 2.75) is 11.8 Å². The minimum absolute atomic E-state index is 0.119. The highest BCUT2D eigenvalue weighted by atomic mass is 32.2. The number of ether oxygens (including phenoxy) is 1. The lowest BCUT2D eigenvalue weighted by Crippen LogP contribution is -2.17. The highest BCUT2D eigenvalue weighted by molar-refractivity contribution is 7.92. The average Bonchev–Trinajstić information content (AvgIpc) is 3.29. The molecule has 0 atom stereocenters. The van der Waals surface area contributed by atoms with Gasteiger partial charge in [0, 0.05) is 16.8 Å². The fourth-order valence-corrected chi connectivity index (χ4v) is 5.00. The molecule has 2 N–H and O–H groups in total. The Bertz CT molecular complexity index is 1390. The number of benzene rings is 3. The Hall–Kier alpha value is -3.76. The number of aryl methyl sites for hydroxylation is 1. The summed E-state index contributed by atoms with van der Waals surface area (Å²) < 4.78 is 33.8. The van der Waals surface area contributed by atoms with Crippen LogP contribution < -0.4 is 14.8 Å². The van der Waals surface area contributed by atoms with Crippen molar-refractivity contribution in [3.8, 4) is 16.3 Å². The van der Waals surface area contributed by atoms with Gasteiger partial charge in [-0.05, 0) is 37.3 Å². The Morgan fingerprint density at radius 3 is 2.39 bits per heavy atom. The quantitative estimate of drug-likeness (QED) is 0.401. The van der Waals surface area contributed by atoms with E-state index in [0.717, 1.165) is 11.1 Å². The SMILES string of the molecule is COc1ccc(C(=O)Nc2nnc(-c3ccccc3)s2)cc1S(=O)(=O)Nc1ccc(C)cc1. The summed E-state index contributed by atoms with van der Waals surface area (Å²) in [4.78, 5) is 12.7. The van der Waals surface area contributed by atoms with Crippen molar-refractivity contribution in [1.29, 1.82) is 0 Å². The zero-order valence-corrected chi connectivity index (χ0v) is 19.4. The van der Waals surface area contributed by atoms with E-state index in [1.807, 2.05) is 37.3 Å². The number of methoxy groups -OCH3 is 1. The molecular formula is C23H20N4O4S2. The van der Waals surface area contributed by atoms with E-state index >= 15 is 0 Å². The number of aromatic nitrogens is 2. The van der Waals surface area contributed by atoms with Gasteiger partial charge in [0.1, 0.15) is 15.7 Å². The maximum atomic E-state index is 13.0. The predicted octanol–water partition coefficient (Wildman–Crippen LogP) is 4.58. The van der Waals surface area contributed by atoms with Crippen LogP contribution in [0.1, 0.15) is 15.9 Å². The molecule has 0 aliphatic carbocycles. The van der Waals surface area contributed by atoms with Gasteiger partial charge in [0.05, 0.1) is 7.11 Å². The van der Waals surface area contributed by atoms with Crippen molar-refractivity contribution in [3.05, 3.63) is 83.9 Å². The number of hydrogen-bond donors (Lipinski definition) is 2. The minimum Gasteiger partial charge on any atom is -0.495 e. The van der Waals surface area contributed by atoms with Crippen molar-refractivity contribution in [1.82, 2.24) is 10.2 Å². The summed E-state index contributed by atoms with van der Waals surface area (Å²) in [6.07, 6.45) is 0. The third kappa shape index (κ3) is 5.18. The van der Waals surface area contributed by atoms with Crippen molar-refractivity contribution >= 4 is 38.1 Å². The third-order valence-electron chi connectivity index (χ3n) is 4.69. The molecule has 0 unspecified atom stereocenters. The smallest absolute Gasteiger partial charge is 0.265 e. The van der Waals surface area contributed by atoms with E-state index in [1.165, 1.54) is 36.6 Å². The number of nitrogens with zero attached hydrogens (tertiary/aromatic N) is 2. The van der Waals surface area contributed by atoms with Gasteiger partial charge in [-0.2, -0.15) is 0 Å². The van der Waals surface area contributed by atoms with Gasteiger partial charge in [0.25, 0.3) is 15.9 Å². The second-order valence-corrected chi connectivity index (χ2v) is 9.70. The molecule has 8 nitrogen and oxygen atoms in total. The van der Waals surface area contributed by atoms with E-state index in [1.54, 1.807) is 24.3 Å². The number of carbonyl (C=O) groups excluding carboxylic acids is 1. The van der Waals surface area contributed by atoms with Gasteiger partial charge >= 0.3 is 0 Å². The topological polar surface area (TPSA) is 110 Å². The molecule has 0 bridgehead atoms. The molecular weight excluding hydrogens is 460 g/mol. The van der Waals surface area contributed by atoms with Crippen LogP contribution in [0.2, 0.25) is 0 Å². The number of hydrogen-bond acceptors (Lipinski definition) is 7. The van der Waals surface area contributed by atoms with Crippen LogP contribution in [0.3, 0.4) is 0 Å². The molecule has 0 aliphatic heterocycles. The molecule has 33 heavy (non-hydrogen) atoms. The zero-order valence-electron chi connectivity index (χ0n) is 17.8. The first-order valence-corrected chi connectivity index (χ1v) is 12.1. The number of carbonyl (C=O) groups is 1. The minimum atomic E-state index is -4.01. The van der Waals surface area contributed by atoms with E-state index in [-0.39, 0.29) is 16.2 Å². The van der Waals surface area contributed by atoms with Gasteiger partial charge in [-0.25, -0.2) is 8.42 Å². The van der Waals surface area contributed by atoms with E-state index in [4.69, 9.17) is 4.74 Å². The van der Waals surface area contributed by atoms with E-state index in [9.17, 15) is 13.2 Å². The highest BCUT2D eigenvalue weighted by Crippen LogP contribution is 2.29. The number of sulfonamides is 1. The van der Waals surface area contributed by atoms with Gasteiger partial charge < -0.3 is 4.74 Å². The molecule has 0 radical (unpaired) electrons. The lowest BCUT2D eigenvalue weighted by Gasteiger charge is -2.13. The lowest BCUT2D eigenvalue weighted by atomic mass is 10.2. The Kier molecular flexibility index (Phi) is 6.38. The van der Waals surface area contributed by atoms with E-state index < -0.39 is 15.9 Å². The fraction of sp³-hybridized carbons (Fsp3) is 0.0870. The van der Waals surface area contributed by atoms with Crippen LogP contribution in [-0.4, -0.2) is 31.6 Å². The molecule has 0 saturated heterocycles. The summed E-state index contributed by atoms with van der Waals surface area (Å²) in [5.74, 6) is -0.395. The maximum absolute atomic E-state index is 13.0. The Balaban J connectivity index is 1.57. The molecule has 1 amide bonds. The molecule has 0 spiro atoms. The van der Waals surface area contributed by atoms with Crippen molar-refractivity contribution < 1.29 is 17.9 Å². The van der Waals surface area contributed by atoms with Gasteiger partial charge in [0.15, 0.2) is 0 Å². The van der Waals surface area contributed by atoms with Gasteiger partial charge in [-0.1, -0.05) is 59.4 Å². The fourth-order valence-electron chi connectivity index (χ4n) is 3.00. The van der Waals surface area contributed by atoms with Crippen LogP contribution >= 0.6 is 11.3 Å². The van der Waals surface area contributed by atoms with Crippen LogP contribution in [-0.2, 0) is 10.0 Å². The molecule has 1 heterocycles. The second-order valence-electron chi connectivity index (χ2n) is 7.07. The van der Waals surface area contributed by atoms with Crippen LogP contribution in [0.4, 0.5) is 10.8 Å². The number of rotatable bonds is 7. The third-order valence-corrected chi connectivity index (χ3v) is 6.98. The lowest BCUT2D eigenvalue weighted by molar-refractivity contribution is 0.102. The molecule has 0 fully saturated rings. The van der Waals surface area contributed by atoms with Gasteiger partial charge in [-0.3, -0.25) is 14.8 Å². The normalized spacial score (nSPS) is 11.1. The van der Waals surface area contributed by atoms with Crippen LogP contribution in [0, 0.1) is 6.92 Å². The van der Waals surface area contributed by atoms with E-state index in [0.29, 0.717) is 15.8 Å². The van der Waals surface area contributed by atoms with Crippen molar-refractivity contribution in [2.75, 3.05) is 17.1 Å². The average molecular weight is 481 g/mol. The first-order chi connectivity index (χ1) is 15.9. The Labute approximate surface area is 195 Å². The van der Waals surface area contributed by atoms with Gasteiger partial charge in [-0.15, -0.1) is 10.2 Å². The van der Waals surface area contributed by atoms with Gasteiger partial charge in [0.2, 0.25) is 5.13 Å². The monoisotopic (exact) mass is 480 g/mol.